The molecule has 1 aliphatic carbocycles. The van der Waals surface area contributed by atoms with E-state index in [1.54, 1.807) is 11.8 Å². The van der Waals surface area contributed by atoms with Gasteiger partial charge in [0.25, 0.3) is 0 Å². The van der Waals surface area contributed by atoms with E-state index >= 15 is 0 Å². The van der Waals surface area contributed by atoms with Gasteiger partial charge in [-0.15, -0.1) is 11.8 Å². The number of nitrogens with zero attached hydrogens (tertiary/aromatic N) is 1. The second kappa shape index (κ2) is 9.68. The summed E-state index contributed by atoms with van der Waals surface area (Å²) in [6.45, 7) is 1.62. The van der Waals surface area contributed by atoms with Crippen LogP contribution in [0, 0.1) is 5.92 Å². The van der Waals surface area contributed by atoms with Crippen molar-refractivity contribution in [2.75, 3.05) is 18.9 Å². The molecule has 1 heterocycles. The van der Waals surface area contributed by atoms with Gasteiger partial charge in [0.2, 0.25) is 5.91 Å². The molecule has 2 aromatic rings. The molecule has 2 aliphatic rings. The molecule has 4 rings (SSSR count). The van der Waals surface area contributed by atoms with Crippen molar-refractivity contribution >= 4 is 17.7 Å². The maximum absolute atomic E-state index is 12.8. The number of aliphatic hydroxyl groups is 1. The van der Waals surface area contributed by atoms with Crippen LogP contribution in [-0.2, 0) is 11.3 Å². The summed E-state index contributed by atoms with van der Waals surface area (Å²) >= 11 is 1.57. The quantitative estimate of drug-likeness (QED) is 0.717. The van der Waals surface area contributed by atoms with Crippen LogP contribution in [0.1, 0.15) is 49.3 Å². The Morgan fingerprint density at radius 1 is 1.14 bits per heavy atom. The number of hydrogen-bond donors (Lipinski definition) is 1. The van der Waals surface area contributed by atoms with Crippen LogP contribution >= 0.6 is 11.8 Å². The topological polar surface area (TPSA) is 49.8 Å². The van der Waals surface area contributed by atoms with Crippen molar-refractivity contribution in [2.24, 2.45) is 5.92 Å². The maximum atomic E-state index is 12.8. The Balaban J connectivity index is 1.43. The first-order valence-corrected chi connectivity index (χ1v) is 11.6. The van der Waals surface area contributed by atoms with Gasteiger partial charge in [0.15, 0.2) is 0 Å². The monoisotopic (exact) mass is 411 g/mol. The molecular weight excluding hydrogens is 382 g/mol. The van der Waals surface area contributed by atoms with E-state index in [1.165, 1.54) is 19.3 Å². The molecule has 1 unspecified atom stereocenters. The lowest BCUT2D eigenvalue weighted by molar-refractivity contribution is -0.129. The summed E-state index contributed by atoms with van der Waals surface area (Å²) in [5.74, 6) is 1.71. The highest BCUT2D eigenvalue weighted by molar-refractivity contribution is 8.00. The van der Waals surface area contributed by atoms with Gasteiger partial charge < -0.3 is 14.7 Å². The number of aliphatic hydroxyl groups excluding tert-OH is 1. The number of benzene rings is 2. The molecule has 1 atom stereocenters. The molecule has 0 saturated heterocycles. The lowest BCUT2D eigenvalue weighted by Gasteiger charge is -2.27. The van der Waals surface area contributed by atoms with Gasteiger partial charge in [0.1, 0.15) is 12.4 Å². The minimum Gasteiger partial charge on any atom is -0.491 e. The second-order valence-electron chi connectivity index (χ2n) is 7.98. The number of rotatable bonds is 5. The van der Waals surface area contributed by atoms with Gasteiger partial charge >= 0.3 is 0 Å². The normalized spacial score (nSPS) is 18.4. The van der Waals surface area contributed by atoms with E-state index in [4.69, 9.17) is 4.74 Å². The molecule has 154 valence electrons. The van der Waals surface area contributed by atoms with Crippen molar-refractivity contribution < 1.29 is 14.6 Å². The van der Waals surface area contributed by atoms with Crippen LogP contribution in [0.25, 0.3) is 0 Å². The molecule has 1 saturated carbocycles. The highest BCUT2D eigenvalue weighted by Gasteiger charge is 2.25. The van der Waals surface area contributed by atoms with Crippen LogP contribution in [-0.4, -0.2) is 34.8 Å². The fraction of sp³-hybridized carbons (Fsp3) is 0.458. The van der Waals surface area contributed by atoms with Crippen LogP contribution in [0.2, 0.25) is 0 Å². The number of hydrogen-bond acceptors (Lipinski definition) is 4. The summed E-state index contributed by atoms with van der Waals surface area (Å²) in [4.78, 5) is 15.8. The summed E-state index contributed by atoms with van der Waals surface area (Å²) in [7, 11) is 0. The van der Waals surface area contributed by atoms with Gasteiger partial charge in [-0.05, 0) is 48.6 Å². The minimum atomic E-state index is -0.429. The zero-order valence-corrected chi connectivity index (χ0v) is 17.6. The molecule has 1 N–H and O–H groups in total. The fourth-order valence-corrected chi connectivity index (χ4v) is 5.11. The molecule has 5 heteroatoms. The van der Waals surface area contributed by atoms with Gasteiger partial charge in [-0.1, -0.05) is 43.5 Å². The van der Waals surface area contributed by atoms with Crippen LogP contribution in [0.4, 0.5) is 0 Å². The van der Waals surface area contributed by atoms with Crippen molar-refractivity contribution in [2.45, 2.75) is 49.6 Å². The first-order valence-electron chi connectivity index (χ1n) is 10.6. The van der Waals surface area contributed by atoms with Crippen LogP contribution in [0.5, 0.6) is 5.75 Å². The van der Waals surface area contributed by atoms with Crippen molar-refractivity contribution in [1.29, 1.82) is 0 Å². The summed E-state index contributed by atoms with van der Waals surface area (Å²) in [5, 5.41) is 10.9. The molecule has 2 aromatic carbocycles. The minimum absolute atomic E-state index is 0.119. The average Bonchev–Trinajstić information content (AvgIpc) is 3.00. The van der Waals surface area contributed by atoms with Gasteiger partial charge in [-0.25, -0.2) is 0 Å². The van der Waals surface area contributed by atoms with Gasteiger partial charge in [-0.3, -0.25) is 4.79 Å². The van der Waals surface area contributed by atoms with E-state index in [2.05, 4.69) is 0 Å². The number of fused-ring (bicyclic) bond motifs is 1. The lowest BCUT2D eigenvalue weighted by atomic mass is 9.82. The molecule has 4 nitrogen and oxygen atoms in total. The van der Waals surface area contributed by atoms with E-state index in [9.17, 15) is 9.90 Å². The molecule has 1 amide bonds. The molecule has 29 heavy (non-hydrogen) atoms. The van der Waals surface area contributed by atoms with E-state index in [0.717, 1.165) is 34.6 Å². The molecule has 0 spiro atoms. The first kappa shape index (κ1) is 20.3. The average molecular weight is 412 g/mol. The zero-order valence-electron chi connectivity index (χ0n) is 16.8. The fourth-order valence-electron chi connectivity index (χ4n) is 4.29. The largest absolute Gasteiger partial charge is 0.491 e. The summed E-state index contributed by atoms with van der Waals surface area (Å²) < 4.78 is 5.89. The Morgan fingerprint density at radius 2 is 1.93 bits per heavy atom. The Kier molecular flexibility index (Phi) is 6.78. The van der Waals surface area contributed by atoms with E-state index in [1.807, 2.05) is 53.4 Å². The number of amides is 1. The van der Waals surface area contributed by atoms with Gasteiger partial charge in [0, 0.05) is 17.0 Å². The SMILES string of the molecule is O=C(CSc1ccccc1)N1CCOc2ccc(C(O)C3CCCCC3)cc2C1. The van der Waals surface area contributed by atoms with E-state index < -0.39 is 6.10 Å². The molecule has 0 radical (unpaired) electrons. The van der Waals surface area contributed by atoms with Crippen LogP contribution in [0.15, 0.2) is 53.4 Å². The number of ether oxygens (including phenoxy) is 1. The highest BCUT2D eigenvalue weighted by Crippen LogP contribution is 2.36. The molecule has 1 aliphatic heterocycles. The van der Waals surface area contributed by atoms with Crippen molar-refractivity contribution in [1.82, 2.24) is 4.90 Å². The standard InChI is InChI=1S/C24H29NO3S/c26-23(17-29-21-9-5-2-6-10-21)25-13-14-28-22-12-11-19(15-20(22)16-25)24(27)18-7-3-1-4-8-18/h2,5-6,9-12,15,18,24,27H,1,3-4,7-8,13-14,16-17H2. The van der Waals surface area contributed by atoms with Crippen molar-refractivity contribution in [3.63, 3.8) is 0 Å². The summed E-state index contributed by atoms with van der Waals surface area (Å²) in [6.07, 6.45) is 5.45. The Morgan fingerprint density at radius 3 is 2.72 bits per heavy atom. The Hall–Kier alpha value is -1.98. The van der Waals surface area contributed by atoms with E-state index in [-0.39, 0.29) is 5.91 Å². The molecule has 1 fully saturated rings. The number of carbonyl (C=O) groups excluding carboxylic acids is 1. The summed E-state index contributed by atoms with van der Waals surface area (Å²) in [6, 6.07) is 16.0. The van der Waals surface area contributed by atoms with Crippen molar-refractivity contribution in [3.05, 3.63) is 59.7 Å². The van der Waals surface area contributed by atoms with E-state index in [0.29, 0.717) is 31.4 Å². The number of thioether (sulfide) groups is 1. The molecular formula is C24H29NO3S. The van der Waals surface area contributed by atoms with Gasteiger partial charge in [-0.2, -0.15) is 0 Å². The van der Waals surface area contributed by atoms with Gasteiger partial charge in [0.05, 0.1) is 18.4 Å². The zero-order chi connectivity index (χ0) is 20.1. The predicted molar refractivity (Wildman–Crippen MR) is 116 cm³/mol. The smallest absolute Gasteiger partial charge is 0.233 e. The van der Waals surface area contributed by atoms with Crippen LogP contribution in [0.3, 0.4) is 0 Å². The summed E-state index contributed by atoms with van der Waals surface area (Å²) in [5.41, 5.74) is 1.94. The predicted octanol–water partition coefficient (Wildman–Crippen LogP) is 4.81. The first-order chi connectivity index (χ1) is 14.2. The maximum Gasteiger partial charge on any atom is 0.233 e. The second-order valence-corrected chi connectivity index (χ2v) is 9.02. The number of carbonyl (C=O) groups is 1. The lowest BCUT2D eigenvalue weighted by Crippen LogP contribution is -2.33. The third kappa shape index (κ3) is 5.14. The Bertz CT molecular complexity index is 820. The Labute approximate surface area is 177 Å². The third-order valence-electron chi connectivity index (χ3n) is 5.96. The third-order valence-corrected chi connectivity index (χ3v) is 6.96. The molecule has 0 bridgehead atoms. The molecule has 0 aromatic heterocycles. The van der Waals surface area contributed by atoms with Crippen LogP contribution < -0.4 is 4.74 Å². The highest BCUT2D eigenvalue weighted by atomic mass is 32.2. The van der Waals surface area contributed by atoms with Crippen molar-refractivity contribution in [3.8, 4) is 5.75 Å².